The highest BCUT2D eigenvalue weighted by Crippen LogP contribution is 2.38. The second-order valence-corrected chi connectivity index (χ2v) is 11.5. The van der Waals surface area contributed by atoms with Crippen molar-refractivity contribution in [2.24, 2.45) is 0 Å². The van der Waals surface area contributed by atoms with E-state index in [0.29, 0.717) is 23.9 Å². The predicted molar refractivity (Wildman–Crippen MR) is 178 cm³/mol. The first-order valence-electron chi connectivity index (χ1n) is 16.5. The highest BCUT2D eigenvalue weighted by Gasteiger charge is 2.40. The Balaban J connectivity index is 1.25. The number of nitrogens with zero attached hydrogens (tertiary/aromatic N) is 2. The molecule has 0 aliphatic heterocycles. The van der Waals surface area contributed by atoms with Crippen LogP contribution >= 0.6 is 0 Å². The molecule has 3 aromatic carbocycles. The van der Waals surface area contributed by atoms with Gasteiger partial charge in [0.15, 0.2) is 5.82 Å². The van der Waals surface area contributed by atoms with Crippen LogP contribution in [0.5, 0.6) is 17.2 Å². The van der Waals surface area contributed by atoms with Crippen LogP contribution in [0.4, 0.5) is 13.2 Å². The number of alkyl halides is 3. The fourth-order valence-corrected chi connectivity index (χ4v) is 5.09. The van der Waals surface area contributed by atoms with Gasteiger partial charge in [-0.15, -0.1) is 0 Å². The van der Waals surface area contributed by atoms with E-state index in [2.05, 4.69) is 23.8 Å². The first-order chi connectivity index (χ1) is 22.4. The summed E-state index contributed by atoms with van der Waals surface area (Å²) in [6, 6.07) is 21.2. The van der Waals surface area contributed by atoms with Gasteiger partial charge in [-0.25, -0.2) is 9.97 Å². The van der Waals surface area contributed by atoms with Gasteiger partial charge in [0, 0.05) is 23.5 Å². The molecule has 0 fully saturated rings. The number of ether oxygens (including phenoxy) is 3. The van der Waals surface area contributed by atoms with E-state index in [1.165, 1.54) is 44.2 Å². The lowest BCUT2D eigenvalue weighted by molar-refractivity contribution is -0.153. The second kappa shape index (κ2) is 18.2. The molecule has 8 heteroatoms. The van der Waals surface area contributed by atoms with E-state index in [1.807, 2.05) is 24.3 Å². The molecule has 0 bridgehead atoms. The van der Waals surface area contributed by atoms with E-state index in [1.54, 1.807) is 48.8 Å². The van der Waals surface area contributed by atoms with Crippen molar-refractivity contribution in [3.63, 3.8) is 0 Å². The Hall–Kier alpha value is -4.07. The SMILES string of the molecule is CCCCCCCCOc1ccc(-c2cnc(-c3ccc(OCCC(c4ccc(OCCCC)cc4)C(F)(F)F)cc3)nc2)cc1. The van der Waals surface area contributed by atoms with Crippen molar-refractivity contribution in [3.05, 3.63) is 90.8 Å². The van der Waals surface area contributed by atoms with Crippen molar-refractivity contribution in [1.82, 2.24) is 9.97 Å². The maximum atomic E-state index is 13.9. The van der Waals surface area contributed by atoms with Crippen molar-refractivity contribution in [2.75, 3.05) is 19.8 Å². The van der Waals surface area contributed by atoms with Crippen LogP contribution in [0.15, 0.2) is 85.2 Å². The van der Waals surface area contributed by atoms with E-state index >= 15 is 0 Å². The molecule has 5 nitrogen and oxygen atoms in total. The summed E-state index contributed by atoms with van der Waals surface area (Å²) >= 11 is 0. The fourth-order valence-electron chi connectivity index (χ4n) is 5.09. The minimum absolute atomic E-state index is 0.0770. The largest absolute Gasteiger partial charge is 0.494 e. The van der Waals surface area contributed by atoms with Gasteiger partial charge in [-0.05, 0) is 78.9 Å². The topological polar surface area (TPSA) is 53.5 Å². The summed E-state index contributed by atoms with van der Waals surface area (Å²) in [5.41, 5.74) is 2.87. The maximum absolute atomic E-state index is 13.9. The van der Waals surface area contributed by atoms with E-state index in [-0.39, 0.29) is 18.6 Å². The zero-order valence-electron chi connectivity index (χ0n) is 26.9. The Morgan fingerprint density at radius 3 is 1.59 bits per heavy atom. The van der Waals surface area contributed by atoms with Crippen molar-refractivity contribution in [2.45, 2.75) is 83.7 Å². The maximum Gasteiger partial charge on any atom is 0.395 e. The highest BCUT2D eigenvalue weighted by molar-refractivity contribution is 5.64. The minimum atomic E-state index is -4.38. The quantitative estimate of drug-likeness (QED) is 0.0961. The van der Waals surface area contributed by atoms with E-state index < -0.39 is 12.1 Å². The molecule has 0 N–H and O–H groups in total. The molecular weight excluding hydrogens is 589 g/mol. The van der Waals surface area contributed by atoms with Crippen LogP contribution in [0.2, 0.25) is 0 Å². The third-order valence-corrected chi connectivity index (χ3v) is 7.84. The number of halogens is 3. The van der Waals surface area contributed by atoms with Gasteiger partial charge in [-0.1, -0.05) is 76.6 Å². The summed E-state index contributed by atoms with van der Waals surface area (Å²) in [5, 5.41) is 0. The Kier molecular flexibility index (Phi) is 13.7. The predicted octanol–water partition coefficient (Wildman–Crippen LogP) is 10.8. The van der Waals surface area contributed by atoms with Crippen LogP contribution < -0.4 is 14.2 Å². The number of hydrogen-bond acceptors (Lipinski definition) is 5. The van der Waals surface area contributed by atoms with Crippen molar-refractivity contribution >= 4 is 0 Å². The molecule has 0 saturated carbocycles. The first kappa shape index (κ1) is 34.8. The summed E-state index contributed by atoms with van der Waals surface area (Å²) in [5.74, 6) is 0.838. The normalized spacial score (nSPS) is 12.1. The van der Waals surface area contributed by atoms with Crippen LogP contribution in [0.25, 0.3) is 22.5 Å². The van der Waals surface area contributed by atoms with Gasteiger partial charge in [0.25, 0.3) is 0 Å². The number of rotatable bonds is 19. The Morgan fingerprint density at radius 2 is 1.02 bits per heavy atom. The van der Waals surface area contributed by atoms with Gasteiger partial charge in [0.05, 0.1) is 25.7 Å². The molecule has 0 saturated heterocycles. The van der Waals surface area contributed by atoms with Crippen LogP contribution in [0, 0.1) is 0 Å². The zero-order valence-corrected chi connectivity index (χ0v) is 26.9. The first-order valence-corrected chi connectivity index (χ1v) is 16.5. The van der Waals surface area contributed by atoms with Gasteiger partial charge in [0.2, 0.25) is 0 Å². The minimum Gasteiger partial charge on any atom is -0.494 e. The van der Waals surface area contributed by atoms with Crippen molar-refractivity contribution in [3.8, 4) is 39.8 Å². The monoisotopic (exact) mass is 634 g/mol. The average Bonchev–Trinajstić information content (AvgIpc) is 3.07. The molecule has 0 aliphatic rings. The fraction of sp³-hybridized carbons (Fsp3) is 0.421. The third-order valence-electron chi connectivity index (χ3n) is 7.84. The summed E-state index contributed by atoms with van der Waals surface area (Å²) in [4.78, 5) is 9.05. The number of unbranched alkanes of at least 4 members (excludes halogenated alkanes) is 6. The van der Waals surface area contributed by atoms with Crippen LogP contribution in [0.3, 0.4) is 0 Å². The van der Waals surface area contributed by atoms with Gasteiger partial charge < -0.3 is 14.2 Å². The third kappa shape index (κ3) is 11.1. The number of hydrogen-bond donors (Lipinski definition) is 0. The summed E-state index contributed by atoms with van der Waals surface area (Å²) in [6.07, 6.45) is 8.25. The molecule has 0 spiro atoms. The lowest BCUT2D eigenvalue weighted by atomic mass is 9.95. The van der Waals surface area contributed by atoms with E-state index in [4.69, 9.17) is 14.2 Å². The molecule has 4 aromatic rings. The molecule has 1 heterocycles. The Labute approximate surface area is 271 Å². The van der Waals surface area contributed by atoms with E-state index in [9.17, 15) is 13.2 Å². The van der Waals surface area contributed by atoms with E-state index in [0.717, 1.165) is 48.3 Å². The molecule has 0 radical (unpaired) electrons. The van der Waals surface area contributed by atoms with Gasteiger partial charge in [-0.2, -0.15) is 13.2 Å². The van der Waals surface area contributed by atoms with Crippen molar-refractivity contribution in [1.29, 1.82) is 0 Å². The highest BCUT2D eigenvalue weighted by atomic mass is 19.4. The zero-order chi connectivity index (χ0) is 32.6. The average molecular weight is 635 g/mol. The van der Waals surface area contributed by atoms with Gasteiger partial charge >= 0.3 is 6.18 Å². The van der Waals surface area contributed by atoms with Gasteiger partial charge in [-0.3, -0.25) is 0 Å². The molecule has 246 valence electrons. The molecule has 0 aliphatic carbocycles. The molecule has 1 atom stereocenters. The van der Waals surface area contributed by atoms with Crippen molar-refractivity contribution < 1.29 is 27.4 Å². The molecule has 1 aromatic heterocycles. The Morgan fingerprint density at radius 1 is 0.543 bits per heavy atom. The number of aromatic nitrogens is 2. The Bertz CT molecular complexity index is 1410. The summed E-state index contributed by atoms with van der Waals surface area (Å²) < 4.78 is 58.8. The molecule has 4 rings (SSSR count). The van der Waals surface area contributed by atoms with Crippen LogP contribution in [-0.2, 0) is 0 Å². The lowest BCUT2D eigenvalue weighted by Gasteiger charge is -2.21. The molecule has 0 amide bonds. The smallest absolute Gasteiger partial charge is 0.395 e. The molecular formula is C38H45F3N2O3. The van der Waals surface area contributed by atoms with Gasteiger partial charge in [0.1, 0.15) is 17.2 Å². The lowest BCUT2D eigenvalue weighted by Crippen LogP contribution is -2.23. The molecule has 1 unspecified atom stereocenters. The second-order valence-electron chi connectivity index (χ2n) is 11.5. The van der Waals surface area contributed by atoms with Crippen LogP contribution in [-0.4, -0.2) is 36.0 Å². The van der Waals surface area contributed by atoms with Crippen LogP contribution in [0.1, 0.15) is 83.1 Å². The number of benzene rings is 3. The molecule has 46 heavy (non-hydrogen) atoms. The summed E-state index contributed by atoms with van der Waals surface area (Å²) in [6.45, 7) is 5.48. The summed E-state index contributed by atoms with van der Waals surface area (Å²) in [7, 11) is 0. The standard InChI is InChI=1S/C38H45F3N2O3/c1-3-5-7-8-9-10-25-45-33-17-11-29(12-18-33)32-27-42-37(43-28-32)31-15-21-35(22-16-31)46-26-23-36(38(39,40)41)30-13-19-34(20-14-30)44-24-6-4-2/h11-22,27-28,36H,3-10,23-26H2,1-2H3.